The number of hydrogen-bond donors (Lipinski definition) is 0. The maximum atomic E-state index is 13.2. The minimum absolute atomic E-state index is 0.0729. The molecule has 2 saturated heterocycles. The van der Waals surface area contributed by atoms with Crippen LogP contribution in [0.25, 0.3) is 22.2 Å². The Hall–Kier alpha value is -3.36. The van der Waals surface area contributed by atoms with Crippen LogP contribution in [0.5, 0.6) is 5.75 Å². The summed E-state index contributed by atoms with van der Waals surface area (Å²) in [5.41, 5.74) is 5.95. The Morgan fingerprint density at radius 2 is 1.95 bits per heavy atom. The zero-order valence-electron chi connectivity index (χ0n) is 21.7. The van der Waals surface area contributed by atoms with Crippen LogP contribution in [0.15, 0.2) is 40.9 Å². The first-order valence-electron chi connectivity index (χ1n) is 13.1. The number of ether oxygens (including phenoxy) is 2. The first kappa shape index (κ1) is 23.7. The van der Waals surface area contributed by atoms with E-state index in [4.69, 9.17) is 30.6 Å². The van der Waals surface area contributed by atoms with E-state index in [-0.39, 0.29) is 11.9 Å². The summed E-state index contributed by atoms with van der Waals surface area (Å²) in [7, 11) is 1.59. The minimum Gasteiger partial charge on any atom is -0.495 e. The molecule has 1 spiro atoms. The fourth-order valence-electron chi connectivity index (χ4n) is 6.59. The van der Waals surface area contributed by atoms with Gasteiger partial charge in [-0.3, -0.25) is 4.79 Å². The topological polar surface area (TPSA) is 82.6 Å². The smallest absolute Gasteiger partial charge is 0.227 e. The molecule has 8 nitrogen and oxygen atoms in total. The van der Waals surface area contributed by atoms with E-state index in [0.717, 1.165) is 71.2 Å². The predicted octanol–water partition coefficient (Wildman–Crippen LogP) is 6.19. The van der Waals surface area contributed by atoms with Crippen LogP contribution < -0.4 is 9.64 Å². The highest BCUT2D eigenvalue weighted by molar-refractivity contribution is 6.32. The van der Waals surface area contributed by atoms with Gasteiger partial charge in [0, 0.05) is 29.1 Å². The lowest BCUT2D eigenvalue weighted by atomic mass is 9.64. The van der Waals surface area contributed by atoms with Crippen LogP contribution in [-0.2, 0) is 9.53 Å². The first-order valence-corrected chi connectivity index (χ1v) is 13.4. The third-order valence-electron chi connectivity index (χ3n) is 8.48. The summed E-state index contributed by atoms with van der Waals surface area (Å²) < 4.78 is 18.7. The van der Waals surface area contributed by atoms with Gasteiger partial charge in [-0.05, 0) is 69.0 Å². The van der Waals surface area contributed by atoms with Gasteiger partial charge >= 0.3 is 0 Å². The number of halogens is 1. The van der Waals surface area contributed by atoms with Crippen molar-refractivity contribution in [3.63, 3.8) is 0 Å². The average Bonchev–Trinajstić information content (AvgIpc) is 3.51. The molecule has 196 valence electrons. The molecule has 0 bridgehead atoms. The summed E-state index contributed by atoms with van der Waals surface area (Å²) in [5.74, 6) is 2.37. The molecule has 3 fully saturated rings. The van der Waals surface area contributed by atoms with E-state index in [1.165, 1.54) is 0 Å². The molecule has 2 aromatic carbocycles. The lowest BCUT2D eigenvalue weighted by Gasteiger charge is -2.54. The number of aromatic nitrogens is 3. The molecule has 3 aliphatic rings. The molecule has 2 aromatic heterocycles. The molecular weight excluding hydrogens is 504 g/mol. The second kappa shape index (κ2) is 8.58. The average molecular weight is 533 g/mol. The number of nitrogens with zero attached hydrogens (tertiary/aromatic N) is 4. The van der Waals surface area contributed by atoms with E-state index in [1.807, 2.05) is 36.9 Å². The highest BCUT2D eigenvalue weighted by Crippen LogP contribution is 2.55. The summed E-state index contributed by atoms with van der Waals surface area (Å²) in [6.45, 7) is 5.55. The number of anilines is 1. The summed E-state index contributed by atoms with van der Waals surface area (Å²) in [6.07, 6.45) is 3.28. The van der Waals surface area contributed by atoms with Crippen molar-refractivity contribution < 1.29 is 18.8 Å². The van der Waals surface area contributed by atoms with Gasteiger partial charge in [-0.25, -0.2) is 4.98 Å². The molecule has 1 atom stereocenters. The van der Waals surface area contributed by atoms with Crippen LogP contribution in [0, 0.1) is 19.3 Å². The highest BCUT2D eigenvalue weighted by atomic mass is 35.5. The summed E-state index contributed by atoms with van der Waals surface area (Å²) >= 11 is 6.46. The number of hydrogen-bond acceptors (Lipinski definition) is 6. The van der Waals surface area contributed by atoms with E-state index < -0.39 is 0 Å². The van der Waals surface area contributed by atoms with Crippen molar-refractivity contribution in [2.45, 2.75) is 51.6 Å². The number of carbonyl (C=O) groups excluding carboxylic acids is 1. The molecule has 1 amide bonds. The van der Waals surface area contributed by atoms with Crippen LogP contribution in [0.4, 0.5) is 5.69 Å². The van der Waals surface area contributed by atoms with E-state index in [0.29, 0.717) is 35.1 Å². The Morgan fingerprint density at radius 1 is 1.13 bits per heavy atom. The van der Waals surface area contributed by atoms with Crippen molar-refractivity contribution in [2.75, 3.05) is 25.2 Å². The molecule has 4 heterocycles. The Bertz CT molecular complexity index is 1560. The number of amides is 1. The Morgan fingerprint density at radius 3 is 2.61 bits per heavy atom. The van der Waals surface area contributed by atoms with Gasteiger partial charge in [0.1, 0.15) is 17.3 Å². The summed E-state index contributed by atoms with van der Waals surface area (Å²) in [4.78, 5) is 20.3. The van der Waals surface area contributed by atoms with Crippen LogP contribution in [-0.4, -0.2) is 40.9 Å². The highest BCUT2D eigenvalue weighted by Gasteiger charge is 2.52. The number of benzene rings is 2. The third kappa shape index (κ3) is 3.50. The lowest BCUT2D eigenvalue weighted by Crippen LogP contribution is -2.52. The van der Waals surface area contributed by atoms with Gasteiger partial charge in [-0.15, -0.1) is 0 Å². The summed E-state index contributed by atoms with van der Waals surface area (Å²) in [6, 6.07) is 12.0. The fraction of sp³-hybridized carbons (Fsp3) is 0.414. The van der Waals surface area contributed by atoms with Gasteiger partial charge in [0.05, 0.1) is 48.1 Å². The van der Waals surface area contributed by atoms with Crippen molar-refractivity contribution >= 4 is 34.2 Å². The fourth-order valence-corrected chi connectivity index (χ4v) is 6.84. The lowest BCUT2D eigenvalue weighted by molar-refractivity contribution is -0.174. The molecule has 0 N–H and O–H groups in total. The normalized spacial score (nSPS) is 20.8. The zero-order chi connectivity index (χ0) is 26.2. The maximum Gasteiger partial charge on any atom is 0.227 e. The van der Waals surface area contributed by atoms with E-state index in [1.54, 1.807) is 7.11 Å². The number of aryl methyl sites for hydroxylation is 2. The van der Waals surface area contributed by atoms with Crippen molar-refractivity contribution in [3.8, 4) is 16.9 Å². The second-order valence-corrected chi connectivity index (χ2v) is 11.3. The van der Waals surface area contributed by atoms with Crippen molar-refractivity contribution in [3.05, 3.63) is 58.7 Å². The number of carbonyl (C=O) groups is 1. The van der Waals surface area contributed by atoms with Crippen LogP contribution in [0.3, 0.4) is 0 Å². The van der Waals surface area contributed by atoms with Crippen molar-refractivity contribution in [2.24, 2.45) is 5.41 Å². The molecule has 4 aromatic rings. The summed E-state index contributed by atoms with van der Waals surface area (Å²) in [5, 5.41) is 4.61. The second-order valence-electron chi connectivity index (χ2n) is 10.9. The molecule has 1 aliphatic carbocycles. The molecule has 1 unspecified atom stereocenters. The SMILES string of the molecule is COc1ccc(N2C(=O)CCC2c2nc3cc(-c4c(C)noc4C)ccc3n2C2CC3(COC3)C2)cc1Cl. The van der Waals surface area contributed by atoms with Crippen molar-refractivity contribution in [1.29, 1.82) is 0 Å². The van der Waals surface area contributed by atoms with Gasteiger partial charge in [0.2, 0.25) is 5.91 Å². The van der Waals surface area contributed by atoms with E-state index in [9.17, 15) is 4.79 Å². The molecule has 7 rings (SSSR count). The largest absolute Gasteiger partial charge is 0.495 e. The minimum atomic E-state index is -0.184. The van der Waals surface area contributed by atoms with E-state index in [2.05, 4.69) is 27.9 Å². The standard InChI is InChI=1S/C29H29ClN4O4/c1-16-27(17(2)38-32-16)18-4-6-23-22(10-18)31-28(34(23)20-12-29(13-20)14-37-15-29)24-7-9-26(35)33(24)19-5-8-25(36-3)21(30)11-19/h4-6,8,10-11,20,24H,7,9,12-15H2,1-3H3. The van der Waals surface area contributed by atoms with Gasteiger partial charge in [0.25, 0.3) is 0 Å². The predicted molar refractivity (Wildman–Crippen MR) is 144 cm³/mol. The Labute approximate surface area is 225 Å². The maximum absolute atomic E-state index is 13.2. The number of rotatable bonds is 5. The zero-order valence-corrected chi connectivity index (χ0v) is 22.4. The molecule has 1 saturated carbocycles. The van der Waals surface area contributed by atoms with E-state index >= 15 is 0 Å². The van der Waals surface area contributed by atoms with Crippen LogP contribution in [0.2, 0.25) is 5.02 Å². The van der Waals surface area contributed by atoms with Gasteiger partial charge in [-0.2, -0.15) is 0 Å². The van der Waals surface area contributed by atoms with Gasteiger partial charge < -0.3 is 23.5 Å². The Balaban J connectivity index is 1.35. The quantitative estimate of drug-likeness (QED) is 0.305. The molecular formula is C29H29ClN4O4. The third-order valence-corrected chi connectivity index (χ3v) is 8.78. The monoisotopic (exact) mass is 532 g/mol. The van der Waals surface area contributed by atoms with Crippen LogP contribution >= 0.6 is 11.6 Å². The molecule has 38 heavy (non-hydrogen) atoms. The molecule has 9 heteroatoms. The van der Waals surface area contributed by atoms with Crippen molar-refractivity contribution in [1.82, 2.24) is 14.7 Å². The first-order chi connectivity index (χ1) is 18.4. The van der Waals surface area contributed by atoms with Gasteiger partial charge in [-0.1, -0.05) is 22.8 Å². The van der Waals surface area contributed by atoms with Crippen LogP contribution in [0.1, 0.15) is 55.0 Å². The molecule has 2 aliphatic heterocycles. The molecule has 0 radical (unpaired) electrons. The van der Waals surface area contributed by atoms with Gasteiger partial charge in [0.15, 0.2) is 0 Å². The number of imidazole rings is 1. The number of fused-ring (bicyclic) bond motifs is 1. The Kier molecular flexibility index (Phi) is 5.36. The number of methoxy groups -OCH3 is 1.